The van der Waals surface area contributed by atoms with Gasteiger partial charge in [-0.25, -0.2) is 15.0 Å². The number of nitrogens with zero attached hydrogens (tertiary/aromatic N) is 5. The Labute approximate surface area is 190 Å². The Balaban J connectivity index is 1.37. The van der Waals surface area contributed by atoms with Crippen molar-refractivity contribution < 1.29 is 4.79 Å². The van der Waals surface area contributed by atoms with Crippen molar-refractivity contribution in [3.63, 3.8) is 0 Å². The zero-order valence-electron chi connectivity index (χ0n) is 18.4. The normalized spacial score (nSPS) is 12.1. The molecule has 164 valence electrons. The molecule has 0 aliphatic rings. The van der Waals surface area contributed by atoms with Gasteiger partial charge in [0.05, 0.1) is 16.8 Å². The molecular weight excluding hydrogens is 414 g/mol. The Hall–Kier alpha value is -4.33. The summed E-state index contributed by atoms with van der Waals surface area (Å²) in [7, 11) is 1.63. The van der Waals surface area contributed by atoms with E-state index in [1.165, 1.54) is 0 Å². The van der Waals surface area contributed by atoms with E-state index in [0.717, 1.165) is 39.2 Å². The second kappa shape index (κ2) is 8.66. The Morgan fingerprint density at radius 1 is 1.09 bits per heavy atom. The second-order valence-corrected chi connectivity index (χ2v) is 7.87. The van der Waals surface area contributed by atoms with Crippen molar-refractivity contribution in [3.8, 4) is 11.3 Å². The van der Waals surface area contributed by atoms with Crippen LogP contribution in [-0.4, -0.2) is 43.8 Å². The summed E-state index contributed by atoms with van der Waals surface area (Å²) in [5, 5.41) is 6.96. The van der Waals surface area contributed by atoms with Crippen molar-refractivity contribution in [2.75, 3.05) is 18.9 Å². The summed E-state index contributed by atoms with van der Waals surface area (Å²) in [4.78, 5) is 30.1. The molecule has 0 unspecified atom stereocenters. The third-order valence-corrected chi connectivity index (χ3v) is 5.73. The highest BCUT2D eigenvalue weighted by Gasteiger charge is 2.15. The molecule has 4 heterocycles. The number of fused-ring (bicyclic) bond motifs is 2. The first kappa shape index (κ1) is 20.6. The number of carbonyl (C=O) groups excluding carboxylic acids is 1. The van der Waals surface area contributed by atoms with Crippen LogP contribution in [0.2, 0.25) is 0 Å². The van der Waals surface area contributed by atoms with E-state index < -0.39 is 0 Å². The highest BCUT2D eigenvalue weighted by molar-refractivity contribution is 6.06. The van der Waals surface area contributed by atoms with Crippen LogP contribution in [0.4, 0.5) is 5.82 Å². The highest BCUT2D eigenvalue weighted by atomic mass is 16.1. The number of aromatic nitrogens is 5. The van der Waals surface area contributed by atoms with Crippen LogP contribution in [0.3, 0.4) is 0 Å². The summed E-state index contributed by atoms with van der Waals surface area (Å²) in [6.45, 7) is 2.78. The van der Waals surface area contributed by atoms with Gasteiger partial charge in [0.2, 0.25) is 0 Å². The van der Waals surface area contributed by atoms with Gasteiger partial charge in [-0.1, -0.05) is 25.1 Å². The van der Waals surface area contributed by atoms with Crippen molar-refractivity contribution in [2.24, 2.45) is 0 Å². The van der Waals surface area contributed by atoms with Crippen LogP contribution in [0.15, 0.2) is 73.6 Å². The first-order chi connectivity index (χ1) is 16.1. The second-order valence-electron chi connectivity index (χ2n) is 7.87. The van der Waals surface area contributed by atoms with E-state index in [1.54, 1.807) is 25.6 Å². The highest BCUT2D eigenvalue weighted by Crippen LogP contribution is 2.27. The molecule has 2 N–H and O–H groups in total. The number of hydrogen-bond donors (Lipinski definition) is 2. The molecule has 1 atom stereocenters. The number of carbonyl (C=O) groups is 1. The van der Waals surface area contributed by atoms with E-state index >= 15 is 0 Å². The Morgan fingerprint density at radius 3 is 2.88 bits per heavy atom. The summed E-state index contributed by atoms with van der Waals surface area (Å²) in [6, 6.07) is 13.5. The molecule has 5 aromatic rings. The molecule has 5 rings (SSSR count). The molecule has 0 saturated heterocycles. The van der Waals surface area contributed by atoms with Gasteiger partial charge >= 0.3 is 0 Å². The van der Waals surface area contributed by atoms with Crippen molar-refractivity contribution in [1.82, 2.24) is 29.7 Å². The average molecular weight is 438 g/mol. The Bertz CT molecular complexity index is 1460. The van der Waals surface area contributed by atoms with E-state index in [-0.39, 0.29) is 11.8 Å². The van der Waals surface area contributed by atoms with Gasteiger partial charge in [-0.05, 0) is 23.8 Å². The van der Waals surface area contributed by atoms with Gasteiger partial charge in [-0.2, -0.15) is 0 Å². The molecule has 33 heavy (non-hydrogen) atoms. The number of benzene rings is 1. The minimum Gasteiger partial charge on any atom is -0.369 e. The third kappa shape index (κ3) is 3.98. The molecule has 1 amide bonds. The zero-order valence-corrected chi connectivity index (χ0v) is 18.4. The standard InChI is InChI=1S/C25H23N7O/c1-16(18-5-3-6-19-20(25(33)26-2)8-9-27-24(18)19)12-28-22-11-21(30-15-31-22)17-13-29-23-7-4-10-32(23)14-17/h3-11,13-16H,12H2,1-2H3,(H,26,33)(H,28,30,31)/t16-/m0/s1. The average Bonchev–Trinajstić information content (AvgIpc) is 3.34. The van der Waals surface area contributed by atoms with E-state index in [2.05, 4.69) is 43.6 Å². The lowest BCUT2D eigenvalue weighted by Crippen LogP contribution is -2.18. The number of pyridine rings is 1. The van der Waals surface area contributed by atoms with Crippen molar-refractivity contribution in [1.29, 1.82) is 0 Å². The monoisotopic (exact) mass is 437 g/mol. The van der Waals surface area contributed by atoms with Crippen LogP contribution in [0.1, 0.15) is 28.8 Å². The van der Waals surface area contributed by atoms with Gasteiger partial charge in [0.15, 0.2) is 0 Å². The van der Waals surface area contributed by atoms with Crippen LogP contribution in [-0.2, 0) is 0 Å². The number of para-hydroxylation sites is 1. The topological polar surface area (TPSA) is 97.1 Å². The fourth-order valence-electron chi connectivity index (χ4n) is 3.96. The first-order valence-corrected chi connectivity index (χ1v) is 10.7. The number of nitrogens with one attached hydrogen (secondary N) is 2. The van der Waals surface area contributed by atoms with E-state index in [0.29, 0.717) is 12.1 Å². The maximum Gasteiger partial charge on any atom is 0.251 e. The van der Waals surface area contributed by atoms with Crippen LogP contribution >= 0.6 is 0 Å². The van der Waals surface area contributed by atoms with Crippen molar-refractivity contribution in [3.05, 3.63) is 84.7 Å². The summed E-state index contributed by atoms with van der Waals surface area (Å²) in [5.41, 5.74) is 5.13. The minimum atomic E-state index is -0.119. The number of amides is 1. The molecule has 4 aromatic heterocycles. The van der Waals surface area contributed by atoms with Gasteiger partial charge in [-0.15, -0.1) is 0 Å². The van der Waals surface area contributed by atoms with Crippen LogP contribution in [0, 0.1) is 0 Å². The third-order valence-electron chi connectivity index (χ3n) is 5.73. The minimum absolute atomic E-state index is 0.119. The predicted octanol–water partition coefficient (Wildman–Crippen LogP) is 3.91. The molecule has 0 spiro atoms. The molecule has 8 nitrogen and oxygen atoms in total. The summed E-state index contributed by atoms with van der Waals surface area (Å²) < 4.78 is 1.97. The quantitative estimate of drug-likeness (QED) is 0.418. The molecule has 0 aliphatic heterocycles. The zero-order chi connectivity index (χ0) is 22.8. The molecule has 0 radical (unpaired) electrons. The molecule has 0 saturated carbocycles. The van der Waals surface area contributed by atoms with Gasteiger partial charge < -0.3 is 15.0 Å². The lowest BCUT2D eigenvalue weighted by Gasteiger charge is -2.16. The van der Waals surface area contributed by atoms with Crippen molar-refractivity contribution in [2.45, 2.75) is 12.8 Å². The first-order valence-electron chi connectivity index (χ1n) is 10.7. The molecule has 0 bridgehead atoms. The molecule has 1 aromatic carbocycles. The fourth-order valence-corrected chi connectivity index (χ4v) is 3.96. The summed E-state index contributed by atoms with van der Waals surface area (Å²) in [6.07, 6.45) is 9.01. The van der Waals surface area contributed by atoms with Crippen LogP contribution in [0.5, 0.6) is 0 Å². The fraction of sp³-hybridized carbons (Fsp3) is 0.160. The molecule has 0 aliphatic carbocycles. The number of anilines is 1. The lowest BCUT2D eigenvalue weighted by atomic mass is 9.96. The summed E-state index contributed by atoms with van der Waals surface area (Å²) in [5.74, 6) is 0.752. The predicted molar refractivity (Wildman–Crippen MR) is 128 cm³/mol. The van der Waals surface area contributed by atoms with Crippen LogP contribution < -0.4 is 10.6 Å². The van der Waals surface area contributed by atoms with Gasteiger partial charge in [0.25, 0.3) is 5.91 Å². The number of rotatable bonds is 6. The number of hydrogen-bond acceptors (Lipinski definition) is 6. The van der Waals surface area contributed by atoms with E-state index in [9.17, 15) is 4.79 Å². The maximum atomic E-state index is 12.3. The SMILES string of the molecule is CNC(=O)c1ccnc2c([C@@H](C)CNc3cc(-c4cnc5cccn5c4)ncn3)cccc12. The van der Waals surface area contributed by atoms with Crippen LogP contribution in [0.25, 0.3) is 27.8 Å². The van der Waals surface area contributed by atoms with Gasteiger partial charge in [-0.3, -0.25) is 9.78 Å². The van der Waals surface area contributed by atoms with Crippen molar-refractivity contribution >= 4 is 28.3 Å². The molecule has 8 heteroatoms. The van der Waals surface area contributed by atoms with Gasteiger partial charge in [0, 0.05) is 61.3 Å². The molecule has 0 fully saturated rings. The maximum absolute atomic E-state index is 12.3. The van der Waals surface area contributed by atoms with E-state index in [1.807, 2.05) is 53.3 Å². The largest absolute Gasteiger partial charge is 0.369 e. The smallest absolute Gasteiger partial charge is 0.251 e. The lowest BCUT2D eigenvalue weighted by molar-refractivity contribution is 0.0964. The summed E-state index contributed by atoms with van der Waals surface area (Å²) >= 11 is 0. The van der Waals surface area contributed by atoms with E-state index in [4.69, 9.17) is 0 Å². The Morgan fingerprint density at radius 2 is 2.00 bits per heavy atom. The Kier molecular flexibility index (Phi) is 5.40. The van der Waals surface area contributed by atoms with Gasteiger partial charge in [0.1, 0.15) is 17.8 Å². The molecular formula is C25H23N7O.